The van der Waals surface area contributed by atoms with Gasteiger partial charge in [-0.1, -0.05) is 27.7 Å². The molecular formula is C13H22N2O2S2. The van der Waals surface area contributed by atoms with Crippen LogP contribution in [0.3, 0.4) is 0 Å². The van der Waals surface area contributed by atoms with E-state index in [1.807, 2.05) is 0 Å². The average molecular weight is 302 g/mol. The highest BCUT2D eigenvalue weighted by atomic mass is 32.2. The summed E-state index contributed by atoms with van der Waals surface area (Å²) in [6.07, 6.45) is 0. The van der Waals surface area contributed by atoms with Gasteiger partial charge in [0.1, 0.15) is 0 Å². The molecule has 0 radical (unpaired) electrons. The maximum absolute atomic E-state index is 12.3. The molecule has 19 heavy (non-hydrogen) atoms. The van der Waals surface area contributed by atoms with E-state index in [1.165, 1.54) is 11.3 Å². The zero-order valence-electron chi connectivity index (χ0n) is 11.9. The van der Waals surface area contributed by atoms with E-state index >= 15 is 0 Å². The summed E-state index contributed by atoms with van der Waals surface area (Å²) in [5.74, 6) is 0.370. The van der Waals surface area contributed by atoms with Crippen molar-refractivity contribution in [3.63, 3.8) is 0 Å². The van der Waals surface area contributed by atoms with Gasteiger partial charge in [0.2, 0.25) is 10.0 Å². The van der Waals surface area contributed by atoms with E-state index in [0.29, 0.717) is 22.2 Å². The Hall–Kier alpha value is -0.430. The second-order valence-corrected chi connectivity index (χ2v) is 9.00. The van der Waals surface area contributed by atoms with Crippen molar-refractivity contribution in [2.24, 2.45) is 22.5 Å². The predicted molar refractivity (Wildman–Crippen MR) is 78.5 cm³/mol. The first-order valence-electron chi connectivity index (χ1n) is 6.40. The molecule has 0 unspecified atom stereocenters. The summed E-state index contributed by atoms with van der Waals surface area (Å²) >= 11 is 1.38. The van der Waals surface area contributed by atoms with Crippen molar-refractivity contribution in [3.05, 3.63) is 16.3 Å². The lowest BCUT2D eigenvalue weighted by Gasteiger charge is -2.08. The molecule has 1 heterocycles. The van der Waals surface area contributed by atoms with Crippen molar-refractivity contribution in [3.8, 4) is 0 Å². The van der Waals surface area contributed by atoms with Crippen molar-refractivity contribution < 1.29 is 8.42 Å². The van der Waals surface area contributed by atoms with Crippen LogP contribution in [0.25, 0.3) is 0 Å². The van der Waals surface area contributed by atoms with Crippen LogP contribution in [0.4, 0.5) is 0 Å². The van der Waals surface area contributed by atoms with Gasteiger partial charge >= 0.3 is 0 Å². The molecule has 0 bridgehead atoms. The molecule has 0 aliphatic heterocycles. The molecule has 2 rings (SSSR count). The van der Waals surface area contributed by atoms with Crippen molar-refractivity contribution in [2.45, 2.75) is 39.1 Å². The van der Waals surface area contributed by atoms with E-state index in [1.54, 1.807) is 11.4 Å². The van der Waals surface area contributed by atoms with Crippen LogP contribution in [-0.2, 0) is 16.6 Å². The molecule has 1 aliphatic rings. The zero-order valence-corrected chi connectivity index (χ0v) is 13.5. The van der Waals surface area contributed by atoms with Gasteiger partial charge in [0, 0.05) is 18.0 Å². The van der Waals surface area contributed by atoms with Crippen LogP contribution in [0.15, 0.2) is 16.3 Å². The highest BCUT2D eigenvalue weighted by molar-refractivity contribution is 7.89. The molecule has 4 nitrogen and oxygen atoms in total. The molecule has 108 valence electrons. The first kappa shape index (κ1) is 15.0. The summed E-state index contributed by atoms with van der Waals surface area (Å²) in [5.41, 5.74) is 5.93. The lowest BCUT2D eigenvalue weighted by atomic mass is 10.0. The van der Waals surface area contributed by atoms with Gasteiger partial charge < -0.3 is 5.73 Å². The van der Waals surface area contributed by atoms with Gasteiger partial charge in [-0.05, 0) is 28.2 Å². The molecular weight excluding hydrogens is 280 g/mol. The van der Waals surface area contributed by atoms with Crippen LogP contribution in [0, 0.1) is 16.7 Å². The Bertz CT molecular complexity index is 559. The summed E-state index contributed by atoms with van der Waals surface area (Å²) in [6.45, 7) is 9.48. The Balaban J connectivity index is 2.09. The molecule has 0 spiro atoms. The number of nitrogens with two attached hydrogens (primary N) is 1. The van der Waals surface area contributed by atoms with E-state index in [4.69, 9.17) is 5.73 Å². The molecule has 1 saturated carbocycles. The fraction of sp³-hybridized carbons (Fsp3) is 0.692. The average Bonchev–Trinajstić information content (AvgIpc) is 2.71. The van der Waals surface area contributed by atoms with Crippen molar-refractivity contribution in [1.82, 2.24) is 4.72 Å². The van der Waals surface area contributed by atoms with Gasteiger partial charge in [0.15, 0.2) is 0 Å². The van der Waals surface area contributed by atoms with Crippen LogP contribution in [-0.4, -0.2) is 15.0 Å². The van der Waals surface area contributed by atoms with Gasteiger partial charge in [-0.2, -0.15) is 0 Å². The number of hydrogen-bond acceptors (Lipinski definition) is 4. The molecule has 1 aliphatic carbocycles. The molecule has 0 saturated heterocycles. The third-order valence-electron chi connectivity index (χ3n) is 4.98. The topological polar surface area (TPSA) is 72.2 Å². The summed E-state index contributed by atoms with van der Waals surface area (Å²) < 4.78 is 27.3. The molecule has 1 fully saturated rings. The lowest BCUT2D eigenvalue weighted by Crippen LogP contribution is -2.28. The fourth-order valence-electron chi connectivity index (χ4n) is 2.83. The first-order valence-corrected chi connectivity index (χ1v) is 8.77. The summed E-state index contributed by atoms with van der Waals surface area (Å²) in [7, 11) is -3.43. The normalized spacial score (nSPS) is 21.5. The van der Waals surface area contributed by atoms with Crippen molar-refractivity contribution in [1.29, 1.82) is 0 Å². The highest BCUT2D eigenvalue weighted by Crippen LogP contribution is 2.67. The summed E-state index contributed by atoms with van der Waals surface area (Å²) in [6, 6.07) is 1.62. The largest absolute Gasteiger partial charge is 0.326 e. The van der Waals surface area contributed by atoms with E-state index in [9.17, 15) is 8.42 Å². The number of rotatable bonds is 5. The van der Waals surface area contributed by atoms with Crippen LogP contribution in [0.5, 0.6) is 0 Å². The molecule has 3 N–H and O–H groups in total. The van der Waals surface area contributed by atoms with Crippen LogP contribution in [0.2, 0.25) is 0 Å². The van der Waals surface area contributed by atoms with E-state index < -0.39 is 10.0 Å². The smallest absolute Gasteiger partial charge is 0.241 e. The predicted octanol–water partition coefficient (Wildman–Crippen LogP) is 2.17. The summed E-state index contributed by atoms with van der Waals surface area (Å²) in [5, 5.41) is 1.77. The highest BCUT2D eigenvalue weighted by Gasteiger charge is 2.64. The molecule has 0 aromatic carbocycles. The minimum absolute atomic E-state index is 0.181. The molecule has 6 heteroatoms. The molecule has 0 atom stereocenters. The van der Waals surface area contributed by atoms with Gasteiger partial charge in [-0.15, -0.1) is 11.3 Å². The quantitative estimate of drug-likeness (QED) is 0.875. The SMILES string of the molecule is CC1(C)C(CNS(=O)(=O)c2ccsc2CN)C1(C)C. The Labute approximate surface area is 119 Å². The maximum atomic E-state index is 12.3. The summed E-state index contributed by atoms with van der Waals surface area (Å²) in [4.78, 5) is 1.04. The maximum Gasteiger partial charge on any atom is 0.241 e. The second kappa shape index (κ2) is 4.55. The minimum Gasteiger partial charge on any atom is -0.326 e. The molecule has 1 aromatic rings. The Morgan fingerprint density at radius 2 is 1.89 bits per heavy atom. The van der Waals surface area contributed by atoms with Gasteiger partial charge in [0.25, 0.3) is 0 Å². The van der Waals surface area contributed by atoms with Gasteiger partial charge in [0.05, 0.1) is 4.90 Å². The van der Waals surface area contributed by atoms with E-state index in [-0.39, 0.29) is 17.4 Å². The van der Waals surface area contributed by atoms with E-state index in [0.717, 1.165) is 0 Å². The molecule has 0 amide bonds. The van der Waals surface area contributed by atoms with Gasteiger partial charge in [-0.3, -0.25) is 0 Å². The number of nitrogens with one attached hydrogen (secondary N) is 1. The fourth-order valence-corrected chi connectivity index (χ4v) is 5.21. The minimum atomic E-state index is -3.43. The van der Waals surface area contributed by atoms with Crippen molar-refractivity contribution >= 4 is 21.4 Å². The number of hydrogen-bond donors (Lipinski definition) is 2. The Morgan fingerprint density at radius 3 is 2.37 bits per heavy atom. The third kappa shape index (κ3) is 2.35. The van der Waals surface area contributed by atoms with Crippen LogP contribution >= 0.6 is 11.3 Å². The Kier molecular flexibility index (Phi) is 3.58. The van der Waals surface area contributed by atoms with Crippen LogP contribution in [0.1, 0.15) is 32.6 Å². The second-order valence-electron chi connectivity index (χ2n) is 6.26. The molecule has 1 aromatic heterocycles. The first-order chi connectivity index (χ1) is 8.64. The number of thiophene rings is 1. The Morgan fingerprint density at radius 1 is 1.32 bits per heavy atom. The standard InChI is InChI=1S/C13H22N2O2S2/c1-12(2)11(13(12,3)4)8-15-19(16,17)10-5-6-18-9(10)7-14/h5-6,11,15H,7-8,14H2,1-4H3. The monoisotopic (exact) mass is 302 g/mol. The van der Waals surface area contributed by atoms with E-state index in [2.05, 4.69) is 32.4 Å². The third-order valence-corrected chi connectivity index (χ3v) is 7.56. The number of sulfonamides is 1. The zero-order chi connectivity index (χ0) is 14.5. The van der Waals surface area contributed by atoms with Crippen LogP contribution < -0.4 is 10.5 Å². The van der Waals surface area contributed by atoms with Crippen molar-refractivity contribution in [2.75, 3.05) is 6.54 Å². The van der Waals surface area contributed by atoms with Gasteiger partial charge in [-0.25, -0.2) is 13.1 Å². The lowest BCUT2D eigenvalue weighted by molar-refractivity contribution is 0.457.